The number of hydrogen-bond acceptors (Lipinski definition) is 7. The molecule has 0 radical (unpaired) electrons. The molecule has 0 unspecified atom stereocenters. The number of carbonyl (C=O) groups is 2. The van der Waals surface area contributed by atoms with Gasteiger partial charge in [0, 0.05) is 32.2 Å². The van der Waals surface area contributed by atoms with Crippen molar-refractivity contribution in [3.63, 3.8) is 0 Å². The fraction of sp³-hybridized carbons (Fsp3) is 0.280. The molecule has 35 heavy (non-hydrogen) atoms. The Morgan fingerprint density at radius 2 is 1.63 bits per heavy atom. The van der Waals surface area contributed by atoms with E-state index in [1.807, 2.05) is 23.1 Å². The van der Waals surface area contributed by atoms with Crippen LogP contribution in [0.5, 0.6) is 5.75 Å². The van der Waals surface area contributed by atoms with Crippen molar-refractivity contribution < 1.29 is 23.5 Å². The normalized spacial score (nSPS) is 13.4. The first-order chi connectivity index (χ1) is 17.0. The van der Waals surface area contributed by atoms with Crippen LogP contribution in [-0.4, -0.2) is 65.9 Å². The van der Waals surface area contributed by atoms with E-state index in [0.29, 0.717) is 37.6 Å². The molecular weight excluding hydrogens is 455 g/mol. The number of esters is 1. The smallest absolute Gasteiger partial charge is 0.359 e. The lowest BCUT2D eigenvalue weighted by Crippen LogP contribution is -2.50. The van der Waals surface area contributed by atoms with E-state index in [2.05, 4.69) is 5.10 Å². The van der Waals surface area contributed by atoms with Crippen molar-refractivity contribution in [2.24, 2.45) is 0 Å². The predicted molar refractivity (Wildman–Crippen MR) is 126 cm³/mol. The minimum absolute atomic E-state index is 0.0820. The van der Waals surface area contributed by atoms with E-state index in [9.17, 15) is 18.8 Å². The monoisotopic (exact) mass is 480 g/mol. The third-order valence-electron chi connectivity index (χ3n) is 5.54. The van der Waals surface area contributed by atoms with Gasteiger partial charge in [-0.15, -0.1) is 0 Å². The van der Waals surface area contributed by atoms with Gasteiger partial charge in [0.05, 0.1) is 12.2 Å². The standard InChI is InChI=1S/C25H25FN4O5/c26-20-8-4-5-9-22(20)28-12-14-29(15-13-28)24(32)18-35-25(33)21-10-11-23(31)30(27-21)16-17-34-19-6-2-1-3-7-19/h1-11H,12-18H2. The minimum atomic E-state index is -0.805. The van der Waals surface area contributed by atoms with Crippen LogP contribution in [0.15, 0.2) is 71.5 Å². The van der Waals surface area contributed by atoms with Crippen molar-refractivity contribution in [3.8, 4) is 5.75 Å². The van der Waals surface area contributed by atoms with Crippen LogP contribution >= 0.6 is 0 Å². The molecule has 4 rings (SSSR count). The highest BCUT2D eigenvalue weighted by Crippen LogP contribution is 2.20. The van der Waals surface area contributed by atoms with E-state index >= 15 is 0 Å². The van der Waals surface area contributed by atoms with Crippen molar-refractivity contribution in [3.05, 3.63) is 88.6 Å². The number of carbonyl (C=O) groups excluding carboxylic acids is 2. The van der Waals surface area contributed by atoms with Gasteiger partial charge in [0.15, 0.2) is 12.3 Å². The van der Waals surface area contributed by atoms with E-state index in [1.165, 1.54) is 18.2 Å². The summed E-state index contributed by atoms with van der Waals surface area (Å²) in [4.78, 5) is 40.4. The molecule has 10 heteroatoms. The van der Waals surface area contributed by atoms with Gasteiger partial charge >= 0.3 is 5.97 Å². The first-order valence-corrected chi connectivity index (χ1v) is 11.2. The third-order valence-corrected chi connectivity index (χ3v) is 5.54. The highest BCUT2D eigenvalue weighted by Gasteiger charge is 2.24. The second-order valence-electron chi connectivity index (χ2n) is 7.84. The Bertz CT molecular complexity index is 1230. The zero-order valence-electron chi connectivity index (χ0n) is 19.0. The van der Waals surface area contributed by atoms with Crippen LogP contribution in [0.3, 0.4) is 0 Å². The van der Waals surface area contributed by atoms with Crippen LogP contribution < -0.4 is 15.2 Å². The summed E-state index contributed by atoms with van der Waals surface area (Å²) in [5, 5.41) is 4.03. The molecule has 0 N–H and O–H groups in total. The number of aromatic nitrogens is 2. The van der Waals surface area contributed by atoms with Crippen LogP contribution in [0.2, 0.25) is 0 Å². The van der Waals surface area contributed by atoms with Crippen LogP contribution in [0.4, 0.5) is 10.1 Å². The number of halogens is 1. The molecule has 0 aliphatic carbocycles. The average Bonchev–Trinajstić information content (AvgIpc) is 2.89. The second-order valence-corrected chi connectivity index (χ2v) is 7.84. The van der Waals surface area contributed by atoms with Gasteiger partial charge in [0.25, 0.3) is 11.5 Å². The molecule has 1 saturated heterocycles. The van der Waals surface area contributed by atoms with E-state index in [1.54, 1.807) is 35.2 Å². The Labute approximate surface area is 201 Å². The Balaban J connectivity index is 1.26. The molecule has 0 atom stereocenters. The quantitative estimate of drug-likeness (QED) is 0.455. The number of ether oxygens (including phenoxy) is 2. The largest absolute Gasteiger partial charge is 0.492 e. The Morgan fingerprint density at radius 3 is 2.37 bits per heavy atom. The Kier molecular flexibility index (Phi) is 7.71. The molecule has 1 aliphatic heterocycles. The van der Waals surface area contributed by atoms with Gasteiger partial charge in [-0.25, -0.2) is 13.9 Å². The van der Waals surface area contributed by atoms with E-state index < -0.39 is 12.6 Å². The number of anilines is 1. The van der Waals surface area contributed by atoms with Gasteiger partial charge in [0.2, 0.25) is 0 Å². The summed E-state index contributed by atoms with van der Waals surface area (Å²) in [5.41, 5.74) is 0.0323. The maximum atomic E-state index is 14.0. The molecule has 9 nitrogen and oxygen atoms in total. The molecule has 0 saturated carbocycles. The van der Waals surface area contributed by atoms with Crippen LogP contribution in [0.1, 0.15) is 10.5 Å². The minimum Gasteiger partial charge on any atom is -0.492 e. The summed E-state index contributed by atoms with van der Waals surface area (Å²) in [5.74, 6) is -0.803. The fourth-order valence-electron chi connectivity index (χ4n) is 3.68. The molecule has 3 aromatic rings. The molecule has 1 fully saturated rings. The molecule has 0 spiro atoms. The topological polar surface area (TPSA) is 94.0 Å². The summed E-state index contributed by atoms with van der Waals surface area (Å²) in [6, 6.07) is 18.1. The van der Waals surface area contributed by atoms with Gasteiger partial charge in [-0.1, -0.05) is 30.3 Å². The number of para-hydroxylation sites is 2. The summed E-state index contributed by atoms with van der Waals surface area (Å²) in [6.07, 6.45) is 0. The zero-order valence-corrected chi connectivity index (χ0v) is 19.0. The lowest BCUT2D eigenvalue weighted by atomic mass is 10.2. The molecule has 1 aromatic heterocycles. The highest BCUT2D eigenvalue weighted by molar-refractivity contribution is 5.89. The van der Waals surface area contributed by atoms with Gasteiger partial charge in [-0.05, 0) is 30.3 Å². The molecule has 2 heterocycles. The number of benzene rings is 2. The summed E-state index contributed by atoms with van der Waals surface area (Å²) >= 11 is 0. The first-order valence-electron chi connectivity index (χ1n) is 11.2. The number of amides is 1. The number of nitrogens with zero attached hydrogens (tertiary/aromatic N) is 4. The van der Waals surface area contributed by atoms with Crippen molar-refractivity contribution >= 4 is 17.6 Å². The fourth-order valence-corrected chi connectivity index (χ4v) is 3.68. The van der Waals surface area contributed by atoms with Gasteiger partial charge < -0.3 is 19.3 Å². The lowest BCUT2D eigenvalue weighted by molar-refractivity contribution is -0.134. The number of rotatable bonds is 8. The van der Waals surface area contributed by atoms with Crippen LogP contribution in [0, 0.1) is 5.82 Å². The number of piperazine rings is 1. The molecule has 182 valence electrons. The van der Waals surface area contributed by atoms with Crippen molar-refractivity contribution in [1.82, 2.24) is 14.7 Å². The zero-order chi connectivity index (χ0) is 24.6. The van der Waals surface area contributed by atoms with Gasteiger partial charge in [-0.2, -0.15) is 5.10 Å². The van der Waals surface area contributed by atoms with Crippen molar-refractivity contribution in [1.29, 1.82) is 0 Å². The maximum Gasteiger partial charge on any atom is 0.359 e. The average molecular weight is 480 g/mol. The van der Waals surface area contributed by atoms with Gasteiger partial charge in [0.1, 0.15) is 18.2 Å². The summed E-state index contributed by atoms with van der Waals surface area (Å²) < 4.78 is 25.8. The van der Waals surface area contributed by atoms with E-state index in [0.717, 1.165) is 4.68 Å². The van der Waals surface area contributed by atoms with E-state index in [4.69, 9.17) is 9.47 Å². The van der Waals surface area contributed by atoms with E-state index in [-0.39, 0.29) is 36.1 Å². The number of hydrogen-bond donors (Lipinski definition) is 0. The second kappa shape index (κ2) is 11.3. The third kappa shape index (κ3) is 6.23. The van der Waals surface area contributed by atoms with Gasteiger partial charge in [-0.3, -0.25) is 9.59 Å². The molecule has 2 aromatic carbocycles. The maximum absolute atomic E-state index is 14.0. The molecule has 1 amide bonds. The Morgan fingerprint density at radius 1 is 0.914 bits per heavy atom. The first kappa shape index (κ1) is 23.9. The lowest BCUT2D eigenvalue weighted by Gasteiger charge is -2.36. The molecule has 1 aliphatic rings. The van der Waals surface area contributed by atoms with Crippen molar-refractivity contribution in [2.45, 2.75) is 6.54 Å². The van der Waals surface area contributed by atoms with Crippen LogP contribution in [0.25, 0.3) is 0 Å². The molecular formula is C25H25FN4O5. The summed E-state index contributed by atoms with van der Waals surface area (Å²) in [7, 11) is 0. The SMILES string of the molecule is O=C(OCC(=O)N1CCN(c2ccccc2F)CC1)c1ccc(=O)n(CCOc2ccccc2)n1. The highest BCUT2D eigenvalue weighted by atomic mass is 19.1. The van der Waals surface area contributed by atoms with Crippen LogP contribution in [-0.2, 0) is 16.1 Å². The Hall–Kier alpha value is -4.21. The van der Waals surface area contributed by atoms with Crippen molar-refractivity contribution in [2.75, 3.05) is 44.3 Å². The predicted octanol–water partition coefficient (Wildman–Crippen LogP) is 1.97. The molecule has 0 bridgehead atoms. The summed E-state index contributed by atoms with van der Waals surface area (Å²) in [6.45, 7) is 1.59.